The molecule has 206 valence electrons. The van der Waals surface area contributed by atoms with E-state index in [1.54, 1.807) is 24.3 Å². The second-order valence-electron chi connectivity index (χ2n) is 11.3. The molecule has 1 aromatic heterocycles. The van der Waals surface area contributed by atoms with Crippen LogP contribution in [0.3, 0.4) is 0 Å². The molecule has 0 saturated carbocycles. The summed E-state index contributed by atoms with van der Waals surface area (Å²) in [5.74, 6) is 0.435. The van der Waals surface area contributed by atoms with Crippen LogP contribution in [-0.2, 0) is 13.0 Å². The van der Waals surface area contributed by atoms with Crippen LogP contribution in [0, 0.1) is 0 Å². The molecular weight excluding hydrogens is 521 g/mol. The summed E-state index contributed by atoms with van der Waals surface area (Å²) < 4.78 is 18.6. The SMILES string of the molecule is CCCCOC(=O)c1ccc(Nc2nc(N)nc(NCC(C)[Si](C)(O[Si](C)(C)C)O[Si](C)(C)C)n2)cc1. The van der Waals surface area contributed by atoms with Crippen molar-refractivity contribution < 1.29 is 17.8 Å². The molecule has 0 spiro atoms. The van der Waals surface area contributed by atoms with Crippen molar-refractivity contribution in [2.45, 2.75) is 78.1 Å². The summed E-state index contributed by atoms with van der Waals surface area (Å²) >= 11 is 0. The number of unbranched alkanes of at least 4 members (excludes halogenated alkanes) is 1. The van der Waals surface area contributed by atoms with E-state index >= 15 is 0 Å². The molecule has 0 fully saturated rings. The molecule has 1 atom stereocenters. The second kappa shape index (κ2) is 13.0. The van der Waals surface area contributed by atoms with Gasteiger partial charge in [-0.15, -0.1) is 0 Å². The first-order valence-corrected chi connectivity index (χ1v) is 22.0. The van der Waals surface area contributed by atoms with Crippen LogP contribution in [0.1, 0.15) is 37.0 Å². The summed E-state index contributed by atoms with van der Waals surface area (Å²) in [5, 5.41) is 6.42. The third-order valence-electron chi connectivity index (χ3n) is 5.24. The average molecular weight is 565 g/mol. The number of carbonyl (C=O) groups is 1. The van der Waals surface area contributed by atoms with Gasteiger partial charge in [0.2, 0.25) is 17.8 Å². The van der Waals surface area contributed by atoms with Gasteiger partial charge in [-0.2, -0.15) is 15.0 Å². The van der Waals surface area contributed by atoms with E-state index in [0.717, 1.165) is 12.8 Å². The first kappa shape index (κ1) is 30.9. The van der Waals surface area contributed by atoms with Crippen molar-refractivity contribution in [2.24, 2.45) is 0 Å². The Bertz CT molecular complexity index is 1010. The lowest BCUT2D eigenvalue weighted by Crippen LogP contribution is -2.56. The van der Waals surface area contributed by atoms with Crippen molar-refractivity contribution >= 4 is 54.7 Å². The number of aromatic nitrogens is 3. The summed E-state index contributed by atoms with van der Waals surface area (Å²) in [4.78, 5) is 25.0. The van der Waals surface area contributed by atoms with Gasteiger partial charge in [-0.25, -0.2) is 4.79 Å². The lowest BCUT2D eigenvalue weighted by Gasteiger charge is -2.42. The monoisotopic (exact) mass is 564 g/mol. The number of nitrogens with two attached hydrogens (primary N) is 1. The van der Waals surface area contributed by atoms with Crippen molar-refractivity contribution in [3.8, 4) is 0 Å². The molecule has 1 heterocycles. The molecule has 37 heavy (non-hydrogen) atoms. The predicted molar refractivity (Wildman–Crippen MR) is 158 cm³/mol. The van der Waals surface area contributed by atoms with Crippen molar-refractivity contribution in [3.63, 3.8) is 0 Å². The lowest BCUT2D eigenvalue weighted by molar-refractivity contribution is 0.0499. The molecule has 0 aliphatic rings. The van der Waals surface area contributed by atoms with Crippen LogP contribution in [0.5, 0.6) is 0 Å². The molecule has 0 aliphatic heterocycles. The Morgan fingerprint density at radius 1 is 0.946 bits per heavy atom. The highest BCUT2D eigenvalue weighted by Gasteiger charge is 2.44. The molecule has 0 radical (unpaired) electrons. The van der Waals surface area contributed by atoms with Gasteiger partial charge in [-0.1, -0.05) is 20.3 Å². The highest BCUT2D eigenvalue weighted by atomic mass is 28.5. The number of hydrogen-bond donors (Lipinski definition) is 3. The van der Waals surface area contributed by atoms with Crippen molar-refractivity contribution in [3.05, 3.63) is 29.8 Å². The number of anilines is 4. The third-order valence-corrected chi connectivity index (χ3v) is 15.4. The zero-order valence-corrected chi connectivity index (χ0v) is 26.8. The number of nitrogen functional groups attached to an aromatic ring is 1. The van der Waals surface area contributed by atoms with E-state index in [0.29, 0.717) is 36.3 Å². The highest BCUT2D eigenvalue weighted by molar-refractivity contribution is 6.88. The summed E-state index contributed by atoms with van der Waals surface area (Å²) in [7, 11) is -6.11. The minimum Gasteiger partial charge on any atom is -0.462 e. The van der Waals surface area contributed by atoms with Gasteiger partial charge in [0.25, 0.3) is 0 Å². The molecule has 0 amide bonds. The highest BCUT2D eigenvalue weighted by Crippen LogP contribution is 2.31. The quantitative estimate of drug-likeness (QED) is 0.148. The average Bonchev–Trinajstić information content (AvgIpc) is 2.75. The maximum atomic E-state index is 12.1. The fraction of sp³-hybridized carbons (Fsp3) is 0.583. The number of hydrogen-bond acceptors (Lipinski definition) is 10. The van der Waals surface area contributed by atoms with Crippen LogP contribution >= 0.6 is 0 Å². The second-order valence-corrected chi connectivity index (χ2v) is 24.4. The van der Waals surface area contributed by atoms with Gasteiger partial charge in [0, 0.05) is 17.8 Å². The molecule has 0 bridgehead atoms. The standard InChI is InChI=1S/C24H44N6O4Si3/c1-10-11-16-32-21(31)19-12-14-20(15-13-19)27-24-29-22(25)28-23(30-24)26-17-18(2)37(9,33-35(3,4)5)34-36(6,7)8/h12-15,18H,10-11,16-17H2,1-9H3,(H4,25,26,27,28,29,30). The number of rotatable bonds is 14. The Kier molecular flexibility index (Phi) is 10.8. The minimum atomic E-state index is -2.49. The molecule has 10 nitrogen and oxygen atoms in total. The molecule has 13 heteroatoms. The smallest absolute Gasteiger partial charge is 0.338 e. The Morgan fingerprint density at radius 3 is 2.05 bits per heavy atom. The largest absolute Gasteiger partial charge is 0.462 e. The molecule has 1 aromatic carbocycles. The van der Waals surface area contributed by atoms with Crippen molar-refractivity contribution in [2.75, 3.05) is 29.5 Å². The van der Waals surface area contributed by atoms with Crippen LogP contribution < -0.4 is 16.4 Å². The number of esters is 1. The van der Waals surface area contributed by atoms with E-state index in [-0.39, 0.29) is 17.5 Å². The van der Waals surface area contributed by atoms with Gasteiger partial charge in [-0.05, 0) is 76.5 Å². The maximum Gasteiger partial charge on any atom is 0.338 e. The van der Waals surface area contributed by atoms with Gasteiger partial charge < -0.3 is 29.3 Å². The zero-order chi connectivity index (χ0) is 27.9. The van der Waals surface area contributed by atoms with Crippen molar-refractivity contribution in [1.29, 1.82) is 0 Å². The summed E-state index contributed by atoms with van der Waals surface area (Å²) in [5.41, 5.74) is 7.30. The predicted octanol–water partition coefficient (Wildman–Crippen LogP) is 5.73. The normalized spacial score (nSPS) is 13.2. The van der Waals surface area contributed by atoms with E-state index in [2.05, 4.69) is 78.3 Å². The van der Waals surface area contributed by atoms with Gasteiger partial charge in [-0.3, -0.25) is 0 Å². The van der Waals surface area contributed by atoms with Gasteiger partial charge in [0.15, 0.2) is 16.6 Å². The Hall–Kier alpha value is -2.33. The molecule has 4 N–H and O–H groups in total. The van der Waals surface area contributed by atoms with Crippen LogP contribution in [-0.4, -0.2) is 59.3 Å². The van der Waals surface area contributed by atoms with E-state index in [1.807, 2.05) is 6.92 Å². The van der Waals surface area contributed by atoms with Gasteiger partial charge >= 0.3 is 14.5 Å². The van der Waals surface area contributed by atoms with Crippen LogP contribution in [0.25, 0.3) is 0 Å². The number of nitrogens with one attached hydrogen (secondary N) is 2. The molecular formula is C24H44N6O4Si3. The molecule has 2 aromatic rings. The minimum absolute atomic E-state index is 0.0977. The fourth-order valence-electron chi connectivity index (χ4n) is 3.61. The lowest BCUT2D eigenvalue weighted by atomic mass is 10.2. The number of benzene rings is 1. The van der Waals surface area contributed by atoms with Gasteiger partial charge in [0.05, 0.1) is 12.2 Å². The molecule has 0 saturated heterocycles. The molecule has 1 unspecified atom stereocenters. The summed E-state index contributed by atoms with van der Waals surface area (Å²) in [6.07, 6.45) is 1.82. The van der Waals surface area contributed by atoms with Crippen molar-refractivity contribution in [1.82, 2.24) is 15.0 Å². The van der Waals surface area contributed by atoms with Crippen LogP contribution in [0.15, 0.2) is 24.3 Å². The summed E-state index contributed by atoms with van der Waals surface area (Å²) in [6.45, 7) is 20.5. The van der Waals surface area contributed by atoms with Gasteiger partial charge in [0.1, 0.15) is 0 Å². The Labute approximate surface area is 224 Å². The number of nitrogens with zero attached hydrogens (tertiary/aromatic N) is 3. The van der Waals surface area contributed by atoms with E-state index < -0.39 is 25.2 Å². The maximum absolute atomic E-state index is 12.1. The Morgan fingerprint density at radius 2 is 1.51 bits per heavy atom. The third kappa shape index (κ3) is 10.9. The fourth-order valence-corrected chi connectivity index (χ4v) is 16.0. The Balaban J connectivity index is 2.08. The first-order valence-electron chi connectivity index (χ1n) is 12.8. The molecule has 0 aliphatic carbocycles. The first-order chi connectivity index (χ1) is 17.1. The van der Waals surface area contributed by atoms with E-state index in [4.69, 9.17) is 18.7 Å². The molecule has 2 rings (SSSR count). The zero-order valence-electron chi connectivity index (χ0n) is 23.8. The number of ether oxygens (including phenoxy) is 1. The van der Waals surface area contributed by atoms with Crippen LogP contribution in [0.2, 0.25) is 51.4 Å². The van der Waals surface area contributed by atoms with E-state index in [1.165, 1.54) is 0 Å². The van der Waals surface area contributed by atoms with E-state index in [9.17, 15) is 4.79 Å². The topological polar surface area (TPSA) is 134 Å². The summed E-state index contributed by atoms with van der Waals surface area (Å²) in [6, 6.07) is 6.93. The van der Waals surface area contributed by atoms with Crippen LogP contribution in [0.4, 0.5) is 23.5 Å². The number of carbonyl (C=O) groups excluding carboxylic acids is 1.